The molecule has 1 heterocycles. The van der Waals surface area contributed by atoms with Crippen LogP contribution in [-0.2, 0) is 16.4 Å². The van der Waals surface area contributed by atoms with Crippen LogP contribution in [0.2, 0.25) is 0 Å². The van der Waals surface area contributed by atoms with Crippen LogP contribution < -0.4 is 0 Å². The van der Waals surface area contributed by atoms with Crippen LogP contribution in [0.25, 0.3) is 11.0 Å². The lowest BCUT2D eigenvalue weighted by Gasteiger charge is -2.10. The Bertz CT molecular complexity index is 915. The molecule has 24 heavy (non-hydrogen) atoms. The Morgan fingerprint density at radius 3 is 2.42 bits per heavy atom. The maximum absolute atomic E-state index is 12.8. The van der Waals surface area contributed by atoms with E-state index < -0.39 is 9.84 Å². The van der Waals surface area contributed by atoms with Gasteiger partial charge in [0.15, 0.2) is 0 Å². The molecule has 0 fully saturated rings. The molecule has 1 aromatic heterocycles. The van der Waals surface area contributed by atoms with Gasteiger partial charge < -0.3 is 4.57 Å². The quantitative estimate of drug-likeness (QED) is 0.609. The summed E-state index contributed by atoms with van der Waals surface area (Å²) in [6.45, 7) is 2.57. The minimum absolute atomic E-state index is 0.152. The molecule has 3 rings (SSSR count). The number of hydrogen-bond donors (Lipinski definition) is 0. The predicted molar refractivity (Wildman–Crippen MR) is 96.9 cm³/mol. The summed E-state index contributed by atoms with van der Waals surface area (Å²) >= 11 is 0. The molecule has 0 amide bonds. The molecule has 126 valence electrons. The molecule has 0 radical (unpaired) electrons. The highest BCUT2D eigenvalue weighted by Gasteiger charge is 2.23. The minimum Gasteiger partial charge on any atom is -0.310 e. The highest BCUT2D eigenvalue weighted by Crippen LogP contribution is 2.22. The van der Waals surface area contributed by atoms with Crippen molar-refractivity contribution in [2.45, 2.75) is 37.9 Å². The fraction of sp³-hybridized carbons (Fsp3) is 0.316. The highest BCUT2D eigenvalue weighted by molar-refractivity contribution is 7.91. The molecule has 3 aromatic rings. The van der Waals surface area contributed by atoms with E-state index in [0.717, 1.165) is 29.4 Å². The Balaban J connectivity index is 2.05. The lowest BCUT2D eigenvalue weighted by atomic mass is 10.2. The second kappa shape index (κ2) is 7.18. The Morgan fingerprint density at radius 2 is 1.67 bits per heavy atom. The largest absolute Gasteiger partial charge is 0.310 e. The second-order valence-corrected chi connectivity index (χ2v) is 7.98. The summed E-state index contributed by atoms with van der Waals surface area (Å²) in [5, 5.41) is 0.184. The van der Waals surface area contributed by atoms with Crippen LogP contribution in [0.5, 0.6) is 0 Å². The summed E-state index contributed by atoms with van der Waals surface area (Å²) in [5.74, 6) is 0.152. The van der Waals surface area contributed by atoms with Gasteiger partial charge in [-0.1, -0.05) is 62.2 Å². The molecule has 2 aromatic carbocycles. The van der Waals surface area contributed by atoms with E-state index in [-0.39, 0.29) is 10.9 Å². The number of aromatic nitrogens is 2. The molecule has 0 saturated heterocycles. The first kappa shape index (κ1) is 16.7. The van der Waals surface area contributed by atoms with Gasteiger partial charge in [-0.05, 0) is 24.1 Å². The van der Waals surface area contributed by atoms with E-state index in [0.29, 0.717) is 13.0 Å². The number of fused-ring (bicyclic) bond motifs is 1. The summed E-state index contributed by atoms with van der Waals surface area (Å²) in [6, 6.07) is 17.5. The molecule has 0 aliphatic rings. The third-order valence-electron chi connectivity index (χ3n) is 4.10. The first-order chi connectivity index (χ1) is 11.6. The van der Waals surface area contributed by atoms with Gasteiger partial charge >= 0.3 is 0 Å². The van der Waals surface area contributed by atoms with E-state index in [4.69, 9.17) is 0 Å². The number of rotatable bonds is 7. The van der Waals surface area contributed by atoms with Crippen LogP contribution in [0.1, 0.15) is 31.7 Å². The van der Waals surface area contributed by atoms with Crippen molar-refractivity contribution in [2.75, 3.05) is 5.75 Å². The normalized spacial score (nSPS) is 11.9. The van der Waals surface area contributed by atoms with E-state index in [2.05, 4.69) is 11.9 Å². The van der Waals surface area contributed by atoms with Gasteiger partial charge in [-0.2, -0.15) is 0 Å². The highest BCUT2D eigenvalue weighted by atomic mass is 32.2. The zero-order chi connectivity index (χ0) is 17.0. The minimum atomic E-state index is -3.39. The molecular weight excluding hydrogens is 320 g/mol. The third kappa shape index (κ3) is 3.51. The van der Waals surface area contributed by atoms with Crippen molar-refractivity contribution in [1.29, 1.82) is 0 Å². The van der Waals surface area contributed by atoms with Gasteiger partial charge in [-0.15, -0.1) is 0 Å². The van der Waals surface area contributed by atoms with Crippen molar-refractivity contribution in [2.24, 2.45) is 0 Å². The van der Waals surface area contributed by atoms with Gasteiger partial charge in [0.2, 0.25) is 15.0 Å². The van der Waals surface area contributed by atoms with E-state index in [9.17, 15) is 8.42 Å². The predicted octanol–water partition coefficient (Wildman–Crippen LogP) is 4.05. The van der Waals surface area contributed by atoms with E-state index >= 15 is 0 Å². The number of benzene rings is 2. The number of nitrogens with zero attached hydrogens (tertiary/aromatic N) is 2. The zero-order valence-corrected chi connectivity index (χ0v) is 14.7. The molecule has 0 spiro atoms. The summed E-state index contributed by atoms with van der Waals surface area (Å²) in [7, 11) is -3.39. The topological polar surface area (TPSA) is 52.0 Å². The second-order valence-electron chi connectivity index (χ2n) is 5.98. The lowest BCUT2D eigenvalue weighted by Crippen LogP contribution is -2.15. The molecule has 0 atom stereocenters. The van der Waals surface area contributed by atoms with Gasteiger partial charge in [-0.25, -0.2) is 13.4 Å². The van der Waals surface area contributed by atoms with E-state index in [1.165, 1.54) is 0 Å². The lowest BCUT2D eigenvalue weighted by molar-refractivity contribution is 0.571. The number of imidazole rings is 1. The average Bonchev–Trinajstić information content (AvgIpc) is 2.96. The van der Waals surface area contributed by atoms with Crippen molar-refractivity contribution in [3.63, 3.8) is 0 Å². The summed E-state index contributed by atoms with van der Waals surface area (Å²) in [4.78, 5) is 4.43. The van der Waals surface area contributed by atoms with Crippen LogP contribution in [0.15, 0.2) is 59.8 Å². The SMILES string of the molecule is CCCCCS(=O)(=O)c1nc2ccccc2n1Cc1ccccc1. The molecule has 0 N–H and O–H groups in total. The summed E-state index contributed by atoms with van der Waals surface area (Å²) in [5.41, 5.74) is 2.64. The van der Waals surface area contributed by atoms with Crippen LogP contribution in [0.4, 0.5) is 0 Å². The molecule has 0 saturated carbocycles. The Kier molecular flexibility index (Phi) is 5.00. The monoisotopic (exact) mass is 342 g/mol. The van der Waals surface area contributed by atoms with Gasteiger partial charge in [0.05, 0.1) is 23.3 Å². The fourth-order valence-corrected chi connectivity index (χ4v) is 4.35. The van der Waals surface area contributed by atoms with Crippen molar-refractivity contribution in [1.82, 2.24) is 9.55 Å². The van der Waals surface area contributed by atoms with Crippen LogP contribution in [-0.4, -0.2) is 23.7 Å². The Labute approximate surface area is 143 Å². The molecule has 0 bridgehead atoms. The van der Waals surface area contributed by atoms with Crippen LogP contribution in [0.3, 0.4) is 0 Å². The van der Waals surface area contributed by atoms with E-state index in [1.54, 1.807) is 0 Å². The summed E-state index contributed by atoms with van der Waals surface area (Å²) < 4.78 is 27.4. The smallest absolute Gasteiger partial charge is 0.229 e. The van der Waals surface area contributed by atoms with Crippen molar-refractivity contribution >= 4 is 20.9 Å². The first-order valence-corrected chi connectivity index (χ1v) is 9.99. The molecule has 4 nitrogen and oxygen atoms in total. The summed E-state index contributed by atoms with van der Waals surface area (Å²) in [6.07, 6.45) is 2.58. The van der Waals surface area contributed by atoms with Crippen LogP contribution >= 0.6 is 0 Å². The van der Waals surface area contributed by atoms with Gasteiger partial charge in [-0.3, -0.25) is 0 Å². The standard InChI is InChI=1S/C19H22N2O2S/c1-2-3-9-14-24(22,23)19-20-17-12-7-8-13-18(17)21(19)15-16-10-5-4-6-11-16/h4-8,10-13H,2-3,9,14-15H2,1H3. The molecule has 0 unspecified atom stereocenters. The Hall–Kier alpha value is -2.14. The number of hydrogen-bond acceptors (Lipinski definition) is 3. The molecule has 0 aliphatic heterocycles. The maximum Gasteiger partial charge on any atom is 0.229 e. The maximum atomic E-state index is 12.8. The zero-order valence-electron chi connectivity index (χ0n) is 13.9. The fourth-order valence-electron chi connectivity index (χ4n) is 2.84. The number of para-hydroxylation sites is 2. The average molecular weight is 342 g/mol. The Morgan fingerprint density at radius 1 is 0.958 bits per heavy atom. The molecule has 0 aliphatic carbocycles. The molecule has 5 heteroatoms. The van der Waals surface area contributed by atoms with Crippen molar-refractivity contribution in [3.05, 3.63) is 60.2 Å². The van der Waals surface area contributed by atoms with Crippen LogP contribution in [0, 0.1) is 0 Å². The van der Waals surface area contributed by atoms with Crippen molar-refractivity contribution in [3.8, 4) is 0 Å². The third-order valence-corrected chi connectivity index (χ3v) is 5.79. The van der Waals surface area contributed by atoms with Gasteiger partial charge in [0, 0.05) is 0 Å². The number of unbranched alkanes of at least 4 members (excludes halogenated alkanes) is 2. The first-order valence-electron chi connectivity index (χ1n) is 8.34. The van der Waals surface area contributed by atoms with Crippen molar-refractivity contribution < 1.29 is 8.42 Å². The van der Waals surface area contributed by atoms with E-state index in [1.807, 2.05) is 59.2 Å². The van der Waals surface area contributed by atoms with Gasteiger partial charge in [0.1, 0.15) is 0 Å². The molecular formula is C19H22N2O2S. The number of sulfone groups is 1. The van der Waals surface area contributed by atoms with Gasteiger partial charge in [0.25, 0.3) is 0 Å².